The molecule has 7 heteroatoms. The van der Waals surface area contributed by atoms with Gasteiger partial charge in [0.25, 0.3) is 0 Å². The second-order valence-corrected chi connectivity index (χ2v) is 6.10. The number of rotatable bonds is 5. The van der Waals surface area contributed by atoms with Crippen molar-refractivity contribution in [2.45, 2.75) is 19.1 Å². The van der Waals surface area contributed by atoms with Gasteiger partial charge in [-0.1, -0.05) is 37.3 Å². The van der Waals surface area contributed by atoms with Gasteiger partial charge in [-0.2, -0.15) is 0 Å². The molecule has 0 saturated carbocycles. The second kappa shape index (κ2) is 7.16. The maximum Gasteiger partial charge on any atom is 0.182 e. The first-order chi connectivity index (χ1) is 12.4. The van der Waals surface area contributed by atoms with Crippen LogP contribution in [0.2, 0.25) is 0 Å². The summed E-state index contributed by atoms with van der Waals surface area (Å²) in [6, 6.07) is 10.8. The SMILES string of the molecule is CCN1CCO[C@@H](CNc2ncnc3nc[nH]c23)[C@@H]1c1ccccc1. The number of likely N-dealkylation sites (N-methyl/N-ethyl adjacent to an activating group) is 1. The van der Waals surface area contributed by atoms with E-state index in [2.05, 4.69) is 61.3 Å². The molecule has 0 radical (unpaired) electrons. The van der Waals surface area contributed by atoms with Gasteiger partial charge in [0.15, 0.2) is 11.5 Å². The molecular weight excluding hydrogens is 316 g/mol. The number of benzene rings is 1. The van der Waals surface area contributed by atoms with Crippen LogP contribution < -0.4 is 5.32 Å². The fraction of sp³-hybridized carbons (Fsp3) is 0.389. The van der Waals surface area contributed by atoms with Crippen molar-refractivity contribution in [3.63, 3.8) is 0 Å². The van der Waals surface area contributed by atoms with Crippen LogP contribution in [0.1, 0.15) is 18.5 Å². The van der Waals surface area contributed by atoms with Crippen molar-refractivity contribution in [1.82, 2.24) is 24.8 Å². The van der Waals surface area contributed by atoms with Gasteiger partial charge < -0.3 is 15.0 Å². The summed E-state index contributed by atoms with van der Waals surface area (Å²) < 4.78 is 6.12. The molecule has 4 rings (SSSR count). The van der Waals surface area contributed by atoms with Crippen molar-refractivity contribution in [1.29, 1.82) is 0 Å². The molecule has 2 N–H and O–H groups in total. The third-order valence-electron chi connectivity index (χ3n) is 4.70. The van der Waals surface area contributed by atoms with Gasteiger partial charge in [-0.05, 0) is 12.1 Å². The summed E-state index contributed by atoms with van der Waals surface area (Å²) in [7, 11) is 0. The molecule has 1 aliphatic heterocycles. The molecule has 0 bridgehead atoms. The van der Waals surface area contributed by atoms with Crippen LogP contribution in [0.3, 0.4) is 0 Å². The van der Waals surface area contributed by atoms with Crippen LogP contribution >= 0.6 is 0 Å². The van der Waals surface area contributed by atoms with E-state index in [4.69, 9.17) is 4.74 Å². The Hall–Kier alpha value is -2.51. The smallest absolute Gasteiger partial charge is 0.182 e. The van der Waals surface area contributed by atoms with E-state index in [0.29, 0.717) is 12.2 Å². The van der Waals surface area contributed by atoms with Gasteiger partial charge in [0.1, 0.15) is 11.8 Å². The number of nitrogens with one attached hydrogen (secondary N) is 2. The van der Waals surface area contributed by atoms with Crippen molar-refractivity contribution in [2.24, 2.45) is 0 Å². The molecule has 0 amide bonds. The number of H-pyrrole nitrogens is 1. The Balaban J connectivity index is 1.56. The van der Waals surface area contributed by atoms with Crippen LogP contribution in [0, 0.1) is 0 Å². The molecule has 130 valence electrons. The van der Waals surface area contributed by atoms with E-state index in [1.54, 1.807) is 6.33 Å². The Morgan fingerprint density at radius 3 is 2.96 bits per heavy atom. The third-order valence-corrected chi connectivity index (χ3v) is 4.70. The van der Waals surface area contributed by atoms with Crippen molar-refractivity contribution >= 4 is 17.0 Å². The number of anilines is 1. The molecule has 1 fully saturated rings. The van der Waals surface area contributed by atoms with Gasteiger partial charge in [0.2, 0.25) is 0 Å². The lowest BCUT2D eigenvalue weighted by molar-refractivity contribution is -0.0639. The Kier molecular flexibility index (Phi) is 4.58. The van der Waals surface area contributed by atoms with Gasteiger partial charge in [-0.25, -0.2) is 15.0 Å². The lowest BCUT2D eigenvalue weighted by Gasteiger charge is -2.41. The number of nitrogens with zero attached hydrogens (tertiary/aromatic N) is 4. The molecule has 0 spiro atoms. The summed E-state index contributed by atoms with van der Waals surface area (Å²) in [5.41, 5.74) is 2.77. The lowest BCUT2D eigenvalue weighted by Crippen LogP contribution is -2.47. The Labute approximate surface area is 146 Å². The molecule has 1 aromatic carbocycles. The molecule has 0 unspecified atom stereocenters. The van der Waals surface area contributed by atoms with E-state index in [1.807, 2.05) is 6.07 Å². The summed E-state index contributed by atoms with van der Waals surface area (Å²) >= 11 is 0. The largest absolute Gasteiger partial charge is 0.373 e. The second-order valence-electron chi connectivity index (χ2n) is 6.10. The molecule has 25 heavy (non-hydrogen) atoms. The molecule has 3 heterocycles. The predicted molar refractivity (Wildman–Crippen MR) is 96.3 cm³/mol. The number of aromatic nitrogens is 4. The first-order valence-corrected chi connectivity index (χ1v) is 8.65. The first kappa shape index (κ1) is 16.0. The van der Waals surface area contributed by atoms with Crippen molar-refractivity contribution in [3.05, 3.63) is 48.5 Å². The van der Waals surface area contributed by atoms with E-state index in [9.17, 15) is 0 Å². The van der Waals surface area contributed by atoms with Gasteiger partial charge in [-0.15, -0.1) is 0 Å². The Morgan fingerprint density at radius 1 is 1.24 bits per heavy atom. The number of hydrogen-bond donors (Lipinski definition) is 2. The molecule has 1 saturated heterocycles. The van der Waals surface area contributed by atoms with Gasteiger partial charge in [-0.3, -0.25) is 4.90 Å². The number of aromatic amines is 1. The Morgan fingerprint density at radius 2 is 2.12 bits per heavy atom. The number of morpholine rings is 1. The van der Waals surface area contributed by atoms with E-state index in [-0.39, 0.29) is 12.1 Å². The highest BCUT2D eigenvalue weighted by Crippen LogP contribution is 2.29. The van der Waals surface area contributed by atoms with Crippen molar-refractivity contribution < 1.29 is 4.74 Å². The molecule has 2 atom stereocenters. The zero-order valence-corrected chi connectivity index (χ0v) is 14.2. The maximum absolute atomic E-state index is 6.12. The standard InChI is InChI=1S/C18H22N6O/c1-2-24-8-9-25-14(16(24)13-6-4-3-5-7-13)10-19-17-15-18(21-11-20-15)23-12-22-17/h3-7,11-12,14,16H,2,8-10H2,1H3,(H2,19,20,21,22,23)/t14-,16-/m0/s1. The maximum atomic E-state index is 6.12. The molecule has 7 nitrogen and oxygen atoms in total. The normalized spacial score (nSPS) is 21.5. The number of ether oxygens (including phenoxy) is 1. The summed E-state index contributed by atoms with van der Waals surface area (Å²) in [6.45, 7) is 5.56. The highest BCUT2D eigenvalue weighted by atomic mass is 16.5. The Bertz CT molecular complexity index is 821. The fourth-order valence-electron chi connectivity index (χ4n) is 3.48. The van der Waals surface area contributed by atoms with Crippen LogP contribution in [-0.2, 0) is 4.74 Å². The average Bonchev–Trinajstić information content (AvgIpc) is 3.16. The first-order valence-electron chi connectivity index (χ1n) is 8.65. The minimum Gasteiger partial charge on any atom is -0.373 e. The monoisotopic (exact) mass is 338 g/mol. The molecule has 2 aromatic heterocycles. The zero-order chi connectivity index (χ0) is 17.1. The van der Waals surface area contributed by atoms with Crippen LogP contribution in [-0.4, -0.2) is 57.2 Å². The van der Waals surface area contributed by atoms with E-state index in [1.165, 1.54) is 11.9 Å². The van der Waals surface area contributed by atoms with E-state index >= 15 is 0 Å². The van der Waals surface area contributed by atoms with E-state index < -0.39 is 0 Å². The van der Waals surface area contributed by atoms with Gasteiger partial charge in [0, 0.05) is 13.1 Å². The lowest BCUT2D eigenvalue weighted by atomic mass is 9.98. The van der Waals surface area contributed by atoms with Crippen molar-refractivity contribution in [2.75, 3.05) is 31.6 Å². The molecular formula is C18H22N6O. The quantitative estimate of drug-likeness (QED) is 0.743. The van der Waals surface area contributed by atoms with Gasteiger partial charge >= 0.3 is 0 Å². The zero-order valence-electron chi connectivity index (χ0n) is 14.2. The third kappa shape index (κ3) is 3.20. The van der Waals surface area contributed by atoms with Crippen LogP contribution in [0.5, 0.6) is 0 Å². The molecule has 0 aliphatic carbocycles. The number of hydrogen-bond acceptors (Lipinski definition) is 6. The highest BCUT2D eigenvalue weighted by molar-refractivity contribution is 5.81. The minimum absolute atomic E-state index is 0.0454. The molecule has 1 aliphatic rings. The molecule has 3 aromatic rings. The summed E-state index contributed by atoms with van der Waals surface area (Å²) in [6.07, 6.45) is 3.21. The van der Waals surface area contributed by atoms with E-state index in [0.717, 1.165) is 31.0 Å². The fourth-order valence-corrected chi connectivity index (χ4v) is 3.48. The average molecular weight is 338 g/mol. The predicted octanol–water partition coefficient (Wildman–Crippen LogP) is 2.23. The summed E-state index contributed by atoms with van der Waals surface area (Å²) in [5, 5.41) is 3.41. The highest BCUT2D eigenvalue weighted by Gasteiger charge is 2.32. The summed E-state index contributed by atoms with van der Waals surface area (Å²) in [4.78, 5) is 18.2. The van der Waals surface area contributed by atoms with Gasteiger partial charge in [0.05, 0.1) is 25.1 Å². The van der Waals surface area contributed by atoms with Crippen molar-refractivity contribution in [3.8, 4) is 0 Å². The number of fused-ring (bicyclic) bond motifs is 1. The van der Waals surface area contributed by atoms with Crippen LogP contribution in [0.25, 0.3) is 11.2 Å². The van der Waals surface area contributed by atoms with Crippen LogP contribution in [0.15, 0.2) is 43.0 Å². The minimum atomic E-state index is 0.0454. The summed E-state index contributed by atoms with van der Waals surface area (Å²) in [5.74, 6) is 0.756. The topological polar surface area (TPSA) is 79.0 Å². The number of imidazole rings is 1. The van der Waals surface area contributed by atoms with Crippen LogP contribution in [0.4, 0.5) is 5.82 Å².